The highest BCUT2D eigenvalue weighted by Gasteiger charge is 2.23. The number of nitrogens with one attached hydrogen (secondary N) is 1. The monoisotopic (exact) mass is 270 g/mol. The van der Waals surface area contributed by atoms with Gasteiger partial charge in [-0.25, -0.2) is 8.78 Å². The largest absolute Gasteiger partial charge is 0.309 e. The third-order valence-electron chi connectivity index (χ3n) is 3.46. The number of hydrogen-bond donors (Lipinski definition) is 1. The summed E-state index contributed by atoms with van der Waals surface area (Å²) >= 11 is 0. The lowest BCUT2D eigenvalue weighted by molar-refractivity contribution is 0.0749. The molecule has 0 saturated carbocycles. The van der Waals surface area contributed by atoms with E-state index in [1.807, 2.05) is 20.8 Å². The van der Waals surface area contributed by atoms with Crippen molar-refractivity contribution in [1.82, 2.24) is 10.2 Å². The van der Waals surface area contributed by atoms with E-state index in [9.17, 15) is 8.78 Å². The molecule has 1 rings (SSSR count). The van der Waals surface area contributed by atoms with Crippen LogP contribution in [0.2, 0.25) is 0 Å². The summed E-state index contributed by atoms with van der Waals surface area (Å²) in [4.78, 5) is 1.71. The average Bonchev–Trinajstić information content (AvgIpc) is 2.35. The second-order valence-corrected chi connectivity index (χ2v) is 5.02. The van der Waals surface area contributed by atoms with E-state index in [4.69, 9.17) is 0 Å². The Morgan fingerprint density at radius 2 is 1.79 bits per heavy atom. The van der Waals surface area contributed by atoms with Crippen molar-refractivity contribution in [3.63, 3.8) is 0 Å². The van der Waals surface area contributed by atoms with Gasteiger partial charge in [-0.1, -0.05) is 36.8 Å². The minimum atomic E-state index is -2.30. The van der Waals surface area contributed by atoms with Crippen molar-refractivity contribution >= 4 is 0 Å². The van der Waals surface area contributed by atoms with Crippen LogP contribution in [0.3, 0.4) is 0 Å². The molecular weight excluding hydrogens is 246 g/mol. The Morgan fingerprint density at radius 3 is 2.26 bits per heavy atom. The van der Waals surface area contributed by atoms with Gasteiger partial charge in [0.15, 0.2) is 0 Å². The first-order valence-corrected chi connectivity index (χ1v) is 6.74. The maximum atomic E-state index is 12.5. The molecule has 0 heterocycles. The summed E-state index contributed by atoms with van der Waals surface area (Å²) in [5, 5.41) is 3.39. The predicted molar refractivity (Wildman–Crippen MR) is 75.7 cm³/mol. The van der Waals surface area contributed by atoms with Crippen LogP contribution in [-0.2, 0) is 0 Å². The number of nitrogens with zero attached hydrogens (tertiary/aromatic N) is 1. The van der Waals surface area contributed by atoms with Crippen LogP contribution in [0.4, 0.5) is 8.78 Å². The van der Waals surface area contributed by atoms with Gasteiger partial charge in [-0.2, -0.15) is 0 Å². The van der Waals surface area contributed by atoms with Gasteiger partial charge >= 0.3 is 0 Å². The number of alkyl halides is 2. The van der Waals surface area contributed by atoms with Crippen molar-refractivity contribution < 1.29 is 8.78 Å². The summed E-state index contributed by atoms with van der Waals surface area (Å²) < 4.78 is 25.0. The lowest BCUT2D eigenvalue weighted by Gasteiger charge is -2.32. The molecule has 2 nitrogen and oxygen atoms in total. The molecule has 0 aliphatic rings. The molecule has 1 N–H and O–H groups in total. The zero-order valence-corrected chi connectivity index (χ0v) is 12.2. The van der Waals surface area contributed by atoms with E-state index < -0.39 is 6.43 Å². The van der Waals surface area contributed by atoms with Crippen LogP contribution in [0.25, 0.3) is 0 Å². The highest BCUT2D eigenvalue weighted by atomic mass is 19.3. The van der Waals surface area contributed by atoms with Crippen molar-refractivity contribution in [3.8, 4) is 0 Å². The van der Waals surface area contributed by atoms with Gasteiger partial charge in [0.05, 0.1) is 6.54 Å². The molecule has 2 atom stereocenters. The van der Waals surface area contributed by atoms with Gasteiger partial charge in [0.25, 0.3) is 6.43 Å². The average molecular weight is 270 g/mol. The zero-order chi connectivity index (χ0) is 14.4. The SMILES string of the molecule is CCNC(c1ccc(C)cc1)C(C)N(C)CC(F)F. The molecule has 0 bridgehead atoms. The molecule has 0 spiro atoms. The van der Waals surface area contributed by atoms with Crippen molar-refractivity contribution in [1.29, 1.82) is 0 Å². The highest BCUT2D eigenvalue weighted by molar-refractivity contribution is 5.25. The number of hydrogen-bond acceptors (Lipinski definition) is 2. The van der Waals surface area contributed by atoms with Gasteiger partial charge in [0, 0.05) is 12.1 Å². The molecule has 0 radical (unpaired) electrons. The van der Waals surface area contributed by atoms with Crippen LogP contribution < -0.4 is 5.32 Å². The van der Waals surface area contributed by atoms with Crippen molar-refractivity contribution in [3.05, 3.63) is 35.4 Å². The third kappa shape index (κ3) is 4.88. The Kier molecular flexibility index (Phi) is 6.38. The smallest absolute Gasteiger partial charge is 0.251 e. The Bertz CT molecular complexity index is 365. The van der Waals surface area contributed by atoms with E-state index in [1.165, 1.54) is 5.56 Å². The van der Waals surface area contributed by atoms with Gasteiger partial charge in [0.2, 0.25) is 0 Å². The molecule has 19 heavy (non-hydrogen) atoms. The van der Waals surface area contributed by atoms with E-state index >= 15 is 0 Å². The van der Waals surface area contributed by atoms with Crippen LogP contribution in [0, 0.1) is 6.92 Å². The molecule has 0 aromatic heterocycles. The van der Waals surface area contributed by atoms with Gasteiger partial charge in [-0.05, 0) is 33.0 Å². The molecule has 2 unspecified atom stereocenters. The molecule has 1 aromatic rings. The maximum absolute atomic E-state index is 12.5. The van der Waals surface area contributed by atoms with Gasteiger partial charge in [-0.15, -0.1) is 0 Å². The fraction of sp³-hybridized carbons (Fsp3) is 0.600. The van der Waals surface area contributed by atoms with E-state index in [0.717, 1.165) is 12.1 Å². The van der Waals surface area contributed by atoms with Crippen molar-refractivity contribution in [2.75, 3.05) is 20.1 Å². The van der Waals surface area contributed by atoms with E-state index in [-0.39, 0.29) is 18.6 Å². The molecule has 0 amide bonds. The number of rotatable bonds is 7. The zero-order valence-electron chi connectivity index (χ0n) is 12.2. The minimum Gasteiger partial charge on any atom is -0.309 e. The fourth-order valence-electron chi connectivity index (χ4n) is 2.20. The topological polar surface area (TPSA) is 15.3 Å². The summed E-state index contributed by atoms with van der Waals surface area (Å²) in [6.45, 7) is 6.66. The maximum Gasteiger partial charge on any atom is 0.251 e. The molecular formula is C15H24F2N2. The van der Waals surface area contributed by atoms with Crippen LogP contribution in [0.1, 0.15) is 31.0 Å². The second-order valence-electron chi connectivity index (χ2n) is 5.02. The Hall–Kier alpha value is -1.00. The third-order valence-corrected chi connectivity index (χ3v) is 3.46. The van der Waals surface area contributed by atoms with Crippen LogP contribution in [0.15, 0.2) is 24.3 Å². The number of aryl methyl sites for hydroxylation is 1. The molecule has 4 heteroatoms. The van der Waals surface area contributed by atoms with Gasteiger partial charge in [-0.3, -0.25) is 4.90 Å². The van der Waals surface area contributed by atoms with Crippen LogP contribution in [0.5, 0.6) is 0 Å². The standard InChI is InChI=1S/C15H24F2N2/c1-5-18-15(12(3)19(4)10-14(16)17)13-8-6-11(2)7-9-13/h6-9,12,14-15,18H,5,10H2,1-4H3. The van der Waals surface area contributed by atoms with Crippen LogP contribution >= 0.6 is 0 Å². The molecule has 1 aromatic carbocycles. The lowest BCUT2D eigenvalue weighted by atomic mass is 9.98. The highest BCUT2D eigenvalue weighted by Crippen LogP contribution is 2.21. The Morgan fingerprint density at radius 1 is 1.21 bits per heavy atom. The van der Waals surface area contributed by atoms with Crippen molar-refractivity contribution in [2.45, 2.75) is 39.3 Å². The second kappa shape index (κ2) is 7.56. The van der Waals surface area contributed by atoms with E-state index in [1.54, 1.807) is 11.9 Å². The summed E-state index contributed by atoms with van der Waals surface area (Å²) in [6.07, 6.45) is -2.30. The first-order chi connectivity index (χ1) is 8.95. The predicted octanol–water partition coefficient (Wildman–Crippen LogP) is 3.23. The van der Waals surface area contributed by atoms with Crippen LogP contribution in [-0.4, -0.2) is 37.5 Å². The molecule has 0 fully saturated rings. The molecule has 108 valence electrons. The fourth-order valence-corrected chi connectivity index (χ4v) is 2.20. The molecule has 0 aliphatic carbocycles. The lowest BCUT2D eigenvalue weighted by Crippen LogP contribution is -2.42. The molecule has 0 saturated heterocycles. The first-order valence-electron chi connectivity index (χ1n) is 6.74. The molecule has 0 aliphatic heterocycles. The quantitative estimate of drug-likeness (QED) is 0.818. The summed E-state index contributed by atoms with van der Waals surface area (Å²) in [7, 11) is 1.75. The summed E-state index contributed by atoms with van der Waals surface area (Å²) in [6, 6.07) is 8.31. The number of halogens is 2. The summed E-state index contributed by atoms with van der Waals surface area (Å²) in [5.41, 5.74) is 2.34. The normalized spacial score (nSPS) is 14.9. The summed E-state index contributed by atoms with van der Waals surface area (Å²) in [5.74, 6) is 0. The first kappa shape index (κ1) is 16.1. The Balaban J connectivity index is 2.84. The van der Waals surface area contributed by atoms with E-state index in [0.29, 0.717) is 0 Å². The minimum absolute atomic E-state index is 0.0108. The van der Waals surface area contributed by atoms with Gasteiger partial charge < -0.3 is 5.32 Å². The van der Waals surface area contributed by atoms with E-state index in [2.05, 4.69) is 29.6 Å². The number of benzene rings is 1. The number of likely N-dealkylation sites (N-methyl/N-ethyl adjacent to an activating group) is 2. The van der Waals surface area contributed by atoms with Gasteiger partial charge in [0.1, 0.15) is 0 Å². The van der Waals surface area contributed by atoms with Crippen molar-refractivity contribution in [2.24, 2.45) is 0 Å². The Labute approximate surface area is 114 Å².